The number of amides is 2. The Morgan fingerprint density at radius 2 is 1.80 bits per heavy atom. The van der Waals surface area contributed by atoms with Crippen molar-refractivity contribution in [1.29, 1.82) is 0 Å². The number of hydrogen-bond acceptors (Lipinski definition) is 4. The Hall–Kier alpha value is -1.95. The zero-order valence-electron chi connectivity index (χ0n) is 17.9. The van der Waals surface area contributed by atoms with E-state index in [2.05, 4.69) is 25.8 Å². The molecule has 6 nitrogen and oxygen atoms in total. The fraction of sp³-hybridized carbons (Fsp3) is 0.708. The summed E-state index contributed by atoms with van der Waals surface area (Å²) in [5.41, 5.74) is 1.12. The largest absolute Gasteiger partial charge is 0.342 e. The van der Waals surface area contributed by atoms with Crippen molar-refractivity contribution in [1.82, 2.24) is 19.7 Å². The Balaban J connectivity index is 1.17. The second kappa shape index (κ2) is 8.66. The molecule has 2 aliphatic heterocycles. The molecule has 0 radical (unpaired) electrons. The fourth-order valence-corrected chi connectivity index (χ4v) is 5.28. The van der Waals surface area contributed by atoms with Gasteiger partial charge >= 0.3 is 0 Å². The molecule has 30 heavy (non-hydrogen) atoms. The average molecular weight is 411 g/mol. The molecule has 2 saturated heterocycles. The van der Waals surface area contributed by atoms with E-state index in [1.165, 1.54) is 0 Å². The quantitative estimate of drug-likeness (QED) is 0.724. The minimum atomic E-state index is 0.113. The summed E-state index contributed by atoms with van der Waals surface area (Å²) in [6.45, 7) is 4.46. The van der Waals surface area contributed by atoms with Crippen LogP contribution in [-0.2, 0) is 16.1 Å². The summed E-state index contributed by atoms with van der Waals surface area (Å²) in [4.78, 5) is 36.8. The Kier molecular flexibility index (Phi) is 5.77. The van der Waals surface area contributed by atoms with E-state index in [1.54, 1.807) is 6.20 Å². The first-order valence-electron chi connectivity index (χ1n) is 11.9. The van der Waals surface area contributed by atoms with E-state index in [1.807, 2.05) is 12.3 Å². The van der Waals surface area contributed by atoms with E-state index in [-0.39, 0.29) is 5.92 Å². The number of aromatic nitrogens is 1. The Bertz CT molecular complexity index is 754. The van der Waals surface area contributed by atoms with Crippen molar-refractivity contribution in [2.45, 2.75) is 70.0 Å². The van der Waals surface area contributed by atoms with E-state index in [0.29, 0.717) is 36.4 Å². The summed E-state index contributed by atoms with van der Waals surface area (Å²) in [7, 11) is 0. The lowest BCUT2D eigenvalue weighted by atomic mass is 9.92. The lowest BCUT2D eigenvalue weighted by molar-refractivity contribution is -0.139. The Morgan fingerprint density at radius 1 is 1.00 bits per heavy atom. The molecule has 0 aromatic carbocycles. The molecule has 3 heterocycles. The summed E-state index contributed by atoms with van der Waals surface area (Å²) in [6, 6.07) is 4.97. The van der Waals surface area contributed by atoms with Crippen LogP contribution in [0.3, 0.4) is 0 Å². The number of likely N-dealkylation sites (tertiary alicyclic amines) is 2. The maximum atomic E-state index is 13.5. The summed E-state index contributed by atoms with van der Waals surface area (Å²) < 4.78 is 0. The van der Waals surface area contributed by atoms with E-state index in [4.69, 9.17) is 0 Å². The van der Waals surface area contributed by atoms with Crippen LogP contribution in [0.25, 0.3) is 0 Å². The molecular weight excluding hydrogens is 376 g/mol. The molecule has 2 aliphatic carbocycles. The highest BCUT2D eigenvalue weighted by Gasteiger charge is 2.40. The molecule has 5 rings (SSSR count). The molecule has 4 fully saturated rings. The maximum Gasteiger partial charge on any atom is 0.227 e. The molecule has 2 saturated carbocycles. The van der Waals surface area contributed by atoms with Gasteiger partial charge in [0.2, 0.25) is 11.8 Å². The van der Waals surface area contributed by atoms with Crippen molar-refractivity contribution in [2.75, 3.05) is 26.2 Å². The Labute approximate surface area is 179 Å². The first-order valence-corrected chi connectivity index (χ1v) is 11.9. The number of rotatable bonds is 6. The summed E-state index contributed by atoms with van der Waals surface area (Å²) in [6.07, 6.45) is 12.3. The van der Waals surface area contributed by atoms with Gasteiger partial charge in [0.05, 0.1) is 5.92 Å². The number of carbonyl (C=O) groups is 2. The predicted molar refractivity (Wildman–Crippen MR) is 114 cm³/mol. The third-order valence-electron chi connectivity index (χ3n) is 7.37. The highest BCUT2D eigenvalue weighted by molar-refractivity contribution is 5.81. The van der Waals surface area contributed by atoms with Crippen LogP contribution < -0.4 is 0 Å². The smallest absolute Gasteiger partial charge is 0.227 e. The van der Waals surface area contributed by atoms with Gasteiger partial charge in [-0.3, -0.25) is 19.5 Å². The van der Waals surface area contributed by atoms with Crippen LogP contribution in [0.5, 0.6) is 0 Å². The molecule has 0 N–H and O–H groups in total. The molecule has 4 aliphatic rings. The van der Waals surface area contributed by atoms with Gasteiger partial charge in [-0.05, 0) is 69.5 Å². The molecular formula is C24H34N4O2. The van der Waals surface area contributed by atoms with Crippen LogP contribution >= 0.6 is 0 Å². The van der Waals surface area contributed by atoms with Gasteiger partial charge in [0, 0.05) is 56.6 Å². The van der Waals surface area contributed by atoms with Crippen LogP contribution in [0.1, 0.15) is 56.9 Å². The Morgan fingerprint density at radius 3 is 2.47 bits per heavy atom. The third kappa shape index (κ3) is 4.53. The zero-order valence-corrected chi connectivity index (χ0v) is 17.9. The van der Waals surface area contributed by atoms with Gasteiger partial charge in [-0.25, -0.2) is 0 Å². The zero-order chi connectivity index (χ0) is 20.5. The fourth-order valence-electron chi connectivity index (χ4n) is 5.28. The minimum absolute atomic E-state index is 0.113. The van der Waals surface area contributed by atoms with Crippen molar-refractivity contribution >= 4 is 11.8 Å². The van der Waals surface area contributed by atoms with Gasteiger partial charge in [-0.15, -0.1) is 0 Å². The van der Waals surface area contributed by atoms with Gasteiger partial charge < -0.3 is 9.80 Å². The standard InChI is InChI=1S/C24H34N4O2/c29-23(19-5-6-19)26-13-9-21(10-14-26)27-12-2-4-20(17-27)24(30)28(22-7-8-22)16-18-3-1-11-25-15-18/h1,3,11,15,19-22H,2,4-10,12-14,16-17H2/t20-/m1/s1. The topological polar surface area (TPSA) is 56.8 Å². The number of nitrogens with zero attached hydrogens (tertiary/aromatic N) is 4. The van der Waals surface area contributed by atoms with Gasteiger partial charge in [-0.1, -0.05) is 6.07 Å². The normalized spacial score (nSPS) is 25.9. The number of carbonyl (C=O) groups excluding carboxylic acids is 2. The lowest BCUT2D eigenvalue weighted by Gasteiger charge is -2.42. The number of hydrogen-bond donors (Lipinski definition) is 0. The van der Waals surface area contributed by atoms with Gasteiger partial charge in [0.15, 0.2) is 0 Å². The van der Waals surface area contributed by atoms with Crippen molar-refractivity contribution in [3.63, 3.8) is 0 Å². The van der Waals surface area contributed by atoms with Crippen molar-refractivity contribution in [3.05, 3.63) is 30.1 Å². The van der Waals surface area contributed by atoms with Crippen LogP contribution in [0.15, 0.2) is 24.5 Å². The van der Waals surface area contributed by atoms with E-state index < -0.39 is 0 Å². The number of pyridine rings is 1. The molecule has 6 heteroatoms. The van der Waals surface area contributed by atoms with Crippen LogP contribution in [0.2, 0.25) is 0 Å². The SMILES string of the molecule is O=C(C1CC1)N1CCC(N2CCC[C@@H](C(=O)N(Cc3cccnc3)C3CC3)C2)CC1. The summed E-state index contributed by atoms with van der Waals surface area (Å²) >= 11 is 0. The van der Waals surface area contributed by atoms with Gasteiger partial charge in [-0.2, -0.15) is 0 Å². The number of piperidine rings is 2. The van der Waals surface area contributed by atoms with E-state index >= 15 is 0 Å². The third-order valence-corrected chi connectivity index (χ3v) is 7.37. The van der Waals surface area contributed by atoms with E-state index in [0.717, 1.165) is 83.1 Å². The van der Waals surface area contributed by atoms with Crippen LogP contribution in [0, 0.1) is 11.8 Å². The van der Waals surface area contributed by atoms with E-state index in [9.17, 15) is 9.59 Å². The molecule has 0 unspecified atom stereocenters. The molecule has 1 aromatic rings. The second-order valence-corrected chi connectivity index (χ2v) is 9.72. The monoisotopic (exact) mass is 410 g/mol. The van der Waals surface area contributed by atoms with Crippen molar-refractivity contribution < 1.29 is 9.59 Å². The van der Waals surface area contributed by atoms with Crippen LogP contribution in [0.4, 0.5) is 0 Å². The second-order valence-electron chi connectivity index (χ2n) is 9.72. The maximum absolute atomic E-state index is 13.5. The minimum Gasteiger partial charge on any atom is -0.342 e. The van der Waals surface area contributed by atoms with Gasteiger partial charge in [0.1, 0.15) is 0 Å². The molecule has 2 amide bonds. The van der Waals surface area contributed by atoms with Crippen molar-refractivity contribution in [2.24, 2.45) is 11.8 Å². The molecule has 1 atom stereocenters. The molecule has 0 bridgehead atoms. The first kappa shape index (κ1) is 20.0. The highest BCUT2D eigenvalue weighted by atomic mass is 16.2. The van der Waals surface area contributed by atoms with Gasteiger partial charge in [0.25, 0.3) is 0 Å². The molecule has 0 spiro atoms. The highest BCUT2D eigenvalue weighted by Crippen LogP contribution is 2.34. The first-order chi connectivity index (χ1) is 14.7. The molecule has 162 valence electrons. The average Bonchev–Trinajstić information content (AvgIpc) is 3.71. The predicted octanol–water partition coefficient (Wildman–Crippen LogP) is 2.69. The lowest BCUT2D eigenvalue weighted by Crippen LogP contribution is -2.52. The summed E-state index contributed by atoms with van der Waals surface area (Å²) in [5, 5.41) is 0. The molecule has 1 aromatic heterocycles. The van der Waals surface area contributed by atoms with Crippen LogP contribution in [-0.4, -0.2) is 69.8 Å². The van der Waals surface area contributed by atoms with Crippen molar-refractivity contribution in [3.8, 4) is 0 Å². The summed E-state index contributed by atoms with van der Waals surface area (Å²) in [5.74, 6) is 1.16.